The van der Waals surface area contributed by atoms with E-state index < -0.39 is 5.54 Å². The SMILES string of the molecule is CC1Oc2ccc(CNCC3CCCC(C(C)(N)c4ccc5c(c4)N=C(N)C(C)O5)C3)cc2N=C1N. The van der Waals surface area contributed by atoms with Crippen molar-refractivity contribution in [2.75, 3.05) is 6.54 Å². The third-order valence-corrected chi connectivity index (χ3v) is 7.94. The van der Waals surface area contributed by atoms with Gasteiger partial charge >= 0.3 is 0 Å². The number of fused-ring (bicyclic) bond motifs is 2. The third kappa shape index (κ3) is 4.92. The molecule has 7 N–H and O–H groups in total. The number of amidine groups is 2. The van der Waals surface area contributed by atoms with E-state index in [0.29, 0.717) is 23.5 Å². The van der Waals surface area contributed by atoms with Crippen LogP contribution in [-0.2, 0) is 12.1 Å². The molecule has 1 aliphatic carbocycles. The minimum Gasteiger partial charge on any atom is -0.481 e. The van der Waals surface area contributed by atoms with Crippen LogP contribution in [0.1, 0.15) is 57.6 Å². The molecule has 0 saturated heterocycles. The molecule has 0 radical (unpaired) electrons. The molecule has 2 aromatic rings. The molecule has 0 amide bonds. The van der Waals surface area contributed by atoms with Crippen LogP contribution >= 0.6 is 0 Å². The maximum atomic E-state index is 7.00. The summed E-state index contributed by atoms with van der Waals surface area (Å²) in [5.74, 6) is 3.53. The number of hydrogen-bond acceptors (Lipinski definition) is 8. The Balaban J connectivity index is 1.20. The van der Waals surface area contributed by atoms with E-state index in [1.807, 2.05) is 32.0 Å². The average Bonchev–Trinajstić information content (AvgIpc) is 2.85. The molecule has 1 saturated carbocycles. The van der Waals surface area contributed by atoms with Crippen LogP contribution in [-0.4, -0.2) is 30.4 Å². The Bertz CT molecular complexity index is 1190. The van der Waals surface area contributed by atoms with E-state index in [0.717, 1.165) is 54.4 Å². The van der Waals surface area contributed by atoms with Crippen LogP contribution in [0.2, 0.25) is 0 Å². The van der Waals surface area contributed by atoms with Crippen molar-refractivity contribution in [1.29, 1.82) is 0 Å². The van der Waals surface area contributed by atoms with E-state index in [4.69, 9.17) is 26.7 Å². The largest absolute Gasteiger partial charge is 0.481 e. The first kappa shape index (κ1) is 24.6. The number of nitrogens with zero attached hydrogens (tertiary/aromatic N) is 2. The molecule has 8 nitrogen and oxygen atoms in total. The van der Waals surface area contributed by atoms with Gasteiger partial charge in [-0.15, -0.1) is 0 Å². The number of aliphatic imine (C=N–C) groups is 2. The number of rotatable bonds is 6. The summed E-state index contributed by atoms with van der Waals surface area (Å²) < 4.78 is 11.7. The van der Waals surface area contributed by atoms with Gasteiger partial charge in [-0.2, -0.15) is 0 Å². The number of hydrogen-bond donors (Lipinski definition) is 4. The predicted molar refractivity (Wildman–Crippen MR) is 144 cm³/mol. The maximum absolute atomic E-state index is 7.00. The molecule has 0 aromatic heterocycles. The van der Waals surface area contributed by atoms with Gasteiger partial charge in [-0.25, -0.2) is 9.98 Å². The lowest BCUT2D eigenvalue weighted by atomic mass is 9.69. The fourth-order valence-electron chi connectivity index (χ4n) is 5.54. The second-order valence-corrected chi connectivity index (χ2v) is 10.7. The Morgan fingerprint density at radius 3 is 2.28 bits per heavy atom. The van der Waals surface area contributed by atoms with E-state index in [1.54, 1.807) is 0 Å². The lowest BCUT2D eigenvalue weighted by molar-refractivity contribution is 0.174. The molecule has 8 heteroatoms. The molecule has 2 aliphatic heterocycles. The quantitative estimate of drug-likeness (QED) is 0.484. The second-order valence-electron chi connectivity index (χ2n) is 10.7. The summed E-state index contributed by atoms with van der Waals surface area (Å²) in [6, 6.07) is 12.2. The molecule has 192 valence electrons. The molecule has 2 aromatic carbocycles. The molecule has 0 spiro atoms. The summed E-state index contributed by atoms with van der Waals surface area (Å²) in [5, 5.41) is 3.65. The van der Waals surface area contributed by atoms with Crippen LogP contribution in [0, 0.1) is 11.8 Å². The van der Waals surface area contributed by atoms with Gasteiger partial charge in [0.05, 0.1) is 0 Å². The van der Waals surface area contributed by atoms with Gasteiger partial charge in [0, 0.05) is 12.1 Å². The summed E-state index contributed by atoms with van der Waals surface area (Å²) in [4.78, 5) is 9.04. The van der Waals surface area contributed by atoms with Gasteiger partial charge in [0.1, 0.15) is 34.5 Å². The monoisotopic (exact) mass is 490 g/mol. The van der Waals surface area contributed by atoms with Crippen LogP contribution < -0.4 is 32.0 Å². The second kappa shape index (κ2) is 9.75. The standard InChI is InChI=1S/C28H38N6O2/c1-16-26(29)33-22-12-19(7-9-24(22)35-16)15-32-14-18-5-4-6-20(11-18)28(3,31)21-8-10-25-23(13-21)34-27(30)17(2)36-25/h7-10,12-13,16-18,20,32H,4-6,11,14-15,31H2,1-3H3,(H2,29,33)(H2,30,34). The van der Waals surface area contributed by atoms with Gasteiger partial charge in [0.15, 0.2) is 12.2 Å². The van der Waals surface area contributed by atoms with Crippen molar-refractivity contribution < 1.29 is 9.47 Å². The molecule has 1 fully saturated rings. The van der Waals surface area contributed by atoms with Crippen LogP contribution in [0.3, 0.4) is 0 Å². The lowest BCUT2D eigenvalue weighted by Gasteiger charge is -2.40. The van der Waals surface area contributed by atoms with Gasteiger partial charge in [-0.05, 0) is 93.8 Å². The number of ether oxygens (including phenoxy) is 2. The van der Waals surface area contributed by atoms with E-state index >= 15 is 0 Å². The highest BCUT2D eigenvalue weighted by Crippen LogP contribution is 2.42. The maximum Gasteiger partial charge on any atom is 0.153 e. The molecule has 3 aliphatic rings. The number of benzene rings is 2. The Labute approximate surface area is 213 Å². The van der Waals surface area contributed by atoms with E-state index in [1.165, 1.54) is 18.4 Å². The van der Waals surface area contributed by atoms with Crippen LogP contribution in [0.5, 0.6) is 11.5 Å². The molecule has 0 bridgehead atoms. The van der Waals surface area contributed by atoms with Crippen molar-refractivity contribution in [3.63, 3.8) is 0 Å². The van der Waals surface area contributed by atoms with E-state index in [-0.39, 0.29) is 12.2 Å². The van der Waals surface area contributed by atoms with Gasteiger partial charge in [-0.1, -0.05) is 18.6 Å². The highest BCUT2D eigenvalue weighted by atomic mass is 16.5. The number of nitrogens with one attached hydrogen (secondary N) is 1. The van der Waals surface area contributed by atoms with Crippen molar-refractivity contribution in [3.05, 3.63) is 47.5 Å². The zero-order valence-corrected chi connectivity index (χ0v) is 21.5. The summed E-state index contributed by atoms with van der Waals surface area (Å²) >= 11 is 0. The van der Waals surface area contributed by atoms with Crippen molar-refractivity contribution >= 4 is 23.0 Å². The molecule has 5 unspecified atom stereocenters. The molecule has 5 rings (SSSR count). The fraction of sp³-hybridized carbons (Fsp3) is 0.500. The van der Waals surface area contributed by atoms with Crippen LogP contribution in [0.4, 0.5) is 11.4 Å². The Morgan fingerprint density at radius 2 is 1.58 bits per heavy atom. The lowest BCUT2D eigenvalue weighted by Crippen LogP contribution is -2.44. The van der Waals surface area contributed by atoms with Gasteiger partial charge in [0.25, 0.3) is 0 Å². The first-order chi connectivity index (χ1) is 17.2. The predicted octanol–water partition coefficient (Wildman–Crippen LogP) is 4.00. The number of nitrogens with two attached hydrogens (primary N) is 3. The smallest absolute Gasteiger partial charge is 0.153 e. The summed E-state index contributed by atoms with van der Waals surface area (Å²) in [5.41, 5.74) is 22.3. The van der Waals surface area contributed by atoms with Gasteiger partial charge in [0.2, 0.25) is 0 Å². The highest BCUT2D eigenvalue weighted by molar-refractivity contribution is 5.90. The minimum atomic E-state index is -0.450. The van der Waals surface area contributed by atoms with Crippen molar-refractivity contribution in [1.82, 2.24) is 5.32 Å². The highest BCUT2D eigenvalue weighted by Gasteiger charge is 2.36. The minimum absolute atomic E-state index is 0.182. The topological polar surface area (TPSA) is 133 Å². The van der Waals surface area contributed by atoms with E-state index in [9.17, 15) is 0 Å². The van der Waals surface area contributed by atoms with E-state index in [2.05, 4.69) is 40.4 Å². The summed E-state index contributed by atoms with van der Waals surface area (Å²) in [6.45, 7) is 7.70. The first-order valence-corrected chi connectivity index (χ1v) is 13.0. The normalized spacial score (nSPS) is 26.9. The fourth-order valence-corrected chi connectivity index (χ4v) is 5.54. The Kier molecular flexibility index (Phi) is 6.66. The van der Waals surface area contributed by atoms with Crippen molar-refractivity contribution in [2.45, 2.75) is 70.7 Å². The van der Waals surface area contributed by atoms with Crippen molar-refractivity contribution in [2.24, 2.45) is 39.0 Å². The zero-order valence-electron chi connectivity index (χ0n) is 21.5. The molecule has 36 heavy (non-hydrogen) atoms. The first-order valence-electron chi connectivity index (χ1n) is 13.0. The molecule has 5 atom stereocenters. The average molecular weight is 491 g/mol. The molecule has 2 heterocycles. The molecular formula is C28H38N6O2. The van der Waals surface area contributed by atoms with Gasteiger partial charge < -0.3 is 32.0 Å². The van der Waals surface area contributed by atoms with Crippen LogP contribution in [0.15, 0.2) is 46.4 Å². The zero-order chi connectivity index (χ0) is 25.4. The molecular weight excluding hydrogens is 452 g/mol. The summed E-state index contributed by atoms with van der Waals surface area (Å²) in [7, 11) is 0. The van der Waals surface area contributed by atoms with Crippen molar-refractivity contribution in [3.8, 4) is 11.5 Å². The third-order valence-electron chi connectivity index (χ3n) is 7.94. The Morgan fingerprint density at radius 1 is 0.944 bits per heavy atom. The van der Waals surface area contributed by atoms with Gasteiger partial charge in [-0.3, -0.25) is 0 Å². The Hall–Kier alpha value is -3.10. The summed E-state index contributed by atoms with van der Waals surface area (Å²) in [6.07, 6.45) is 4.23. The van der Waals surface area contributed by atoms with Crippen LogP contribution in [0.25, 0.3) is 0 Å².